The van der Waals surface area contributed by atoms with Crippen LogP contribution < -0.4 is 34.5 Å². The lowest BCUT2D eigenvalue weighted by atomic mass is 10.1. The van der Waals surface area contributed by atoms with E-state index in [0.717, 1.165) is 23.3 Å². The number of H-pyrrole nitrogens is 1. The number of nitrogens with zero attached hydrogens (tertiary/aromatic N) is 4. The lowest BCUT2D eigenvalue weighted by molar-refractivity contribution is 0.296. The second-order valence-electron chi connectivity index (χ2n) is 9.79. The summed E-state index contributed by atoms with van der Waals surface area (Å²) in [5.41, 5.74) is 3.87. The lowest BCUT2D eigenvalue weighted by Crippen LogP contribution is -2.27. The summed E-state index contributed by atoms with van der Waals surface area (Å²) in [6.07, 6.45) is 1.59. The van der Waals surface area contributed by atoms with Gasteiger partial charge < -0.3 is 19.2 Å². The smallest absolute Gasteiger partial charge is 0.280 e. The monoisotopic (exact) mass is 587 g/mol. The molecule has 0 radical (unpaired) electrons. The SMILES string of the molecule is C=c1[nH]c(=O)/c(=C(/C)c2cccc(OCCn3c(-c4ccc(OC)c(OC)c4)nc4c(CCC)nn(C)c4c3=O)c2)s1. The zero-order valence-electron chi connectivity index (χ0n) is 24.3. The third kappa shape index (κ3) is 5.47. The van der Waals surface area contributed by atoms with Crippen molar-refractivity contribution < 1.29 is 14.2 Å². The maximum atomic E-state index is 13.9. The zero-order chi connectivity index (χ0) is 30.0. The molecule has 0 bridgehead atoms. The van der Waals surface area contributed by atoms with E-state index in [-0.39, 0.29) is 24.3 Å². The largest absolute Gasteiger partial charge is 0.493 e. The molecule has 0 spiro atoms. The number of hydrogen-bond acceptors (Lipinski definition) is 8. The fourth-order valence-electron chi connectivity index (χ4n) is 4.95. The Morgan fingerprint density at radius 1 is 1.10 bits per heavy atom. The average Bonchev–Trinajstić information content (AvgIpc) is 3.50. The first kappa shape index (κ1) is 28.9. The van der Waals surface area contributed by atoms with E-state index in [0.29, 0.717) is 55.3 Å². The van der Waals surface area contributed by atoms with Crippen molar-refractivity contribution in [2.24, 2.45) is 7.05 Å². The number of benzene rings is 2. The number of hydrogen-bond donors (Lipinski definition) is 1. The summed E-state index contributed by atoms with van der Waals surface area (Å²) >= 11 is 1.32. The number of fused-ring (bicyclic) bond motifs is 1. The van der Waals surface area contributed by atoms with Crippen LogP contribution in [0.1, 0.15) is 31.5 Å². The summed E-state index contributed by atoms with van der Waals surface area (Å²) in [4.78, 5) is 33.9. The van der Waals surface area contributed by atoms with Crippen molar-refractivity contribution in [3.05, 3.63) is 83.6 Å². The molecule has 0 saturated heterocycles. The van der Waals surface area contributed by atoms with Crippen LogP contribution >= 0.6 is 11.3 Å². The maximum absolute atomic E-state index is 13.9. The predicted molar refractivity (Wildman–Crippen MR) is 165 cm³/mol. The number of thiazole rings is 1. The molecule has 1 N–H and O–H groups in total. The molecule has 11 heteroatoms. The molecule has 2 aromatic carbocycles. The molecule has 0 aliphatic rings. The van der Waals surface area contributed by atoms with Gasteiger partial charge in [0.2, 0.25) is 0 Å². The van der Waals surface area contributed by atoms with Gasteiger partial charge in [-0.3, -0.25) is 18.8 Å². The van der Waals surface area contributed by atoms with Gasteiger partial charge in [-0.25, -0.2) is 4.98 Å². The van der Waals surface area contributed by atoms with Gasteiger partial charge >= 0.3 is 0 Å². The molecule has 5 aromatic rings. The average molecular weight is 588 g/mol. The number of aromatic amines is 1. The Hall–Kier alpha value is -4.64. The number of aryl methyl sites for hydroxylation is 2. The van der Waals surface area contributed by atoms with E-state index in [2.05, 4.69) is 23.6 Å². The first-order chi connectivity index (χ1) is 20.2. The Bertz CT molecular complexity index is 2000. The molecular weight excluding hydrogens is 554 g/mol. The highest BCUT2D eigenvalue weighted by atomic mass is 32.1. The number of nitrogens with one attached hydrogen (secondary N) is 1. The summed E-state index contributed by atoms with van der Waals surface area (Å²) in [6.45, 7) is 8.24. The molecule has 0 unspecified atom stereocenters. The van der Waals surface area contributed by atoms with Gasteiger partial charge in [-0.2, -0.15) is 5.10 Å². The van der Waals surface area contributed by atoms with Gasteiger partial charge in [-0.15, -0.1) is 11.3 Å². The van der Waals surface area contributed by atoms with Crippen molar-refractivity contribution in [1.82, 2.24) is 24.3 Å². The van der Waals surface area contributed by atoms with Gasteiger partial charge in [0.15, 0.2) is 17.0 Å². The minimum atomic E-state index is -0.204. The molecule has 0 atom stereocenters. The topological polar surface area (TPSA) is 113 Å². The molecule has 5 rings (SSSR count). The molecular formula is C31H33N5O5S. The summed E-state index contributed by atoms with van der Waals surface area (Å²) in [7, 11) is 4.91. The predicted octanol–water partition coefficient (Wildman–Crippen LogP) is 3.22. The quantitative estimate of drug-likeness (QED) is 0.267. The molecule has 0 saturated carbocycles. The van der Waals surface area contributed by atoms with E-state index in [4.69, 9.17) is 19.2 Å². The van der Waals surface area contributed by atoms with Gasteiger partial charge in [-0.1, -0.05) is 32.1 Å². The molecule has 3 heterocycles. The molecule has 0 aliphatic heterocycles. The first-order valence-electron chi connectivity index (χ1n) is 13.6. The van der Waals surface area contributed by atoms with Gasteiger partial charge in [0, 0.05) is 12.6 Å². The third-order valence-electron chi connectivity index (χ3n) is 7.02. The molecule has 218 valence electrons. The lowest BCUT2D eigenvalue weighted by Gasteiger charge is -2.15. The summed E-state index contributed by atoms with van der Waals surface area (Å²) < 4.78 is 21.5. The standard InChI is InChI=1S/C31H33N5O5S/c1-7-9-23-26-27(35(4)34-23)31(38)36(29(33-26)21-12-13-24(39-5)25(17-21)40-6)14-15-41-22-11-8-10-20(16-22)18(2)28-30(37)32-19(3)42-28/h8,10-13,16-17H,3,7,9,14-15H2,1-2,4-6H3,(H,32,37)/b28-18+. The van der Waals surface area contributed by atoms with Crippen LogP contribution in [0.2, 0.25) is 0 Å². The van der Waals surface area contributed by atoms with Crippen LogP contribution in [0.25, 0.3) is 34.6 Å². The Balaban J connectivity index is 1.53. The van der Waals surface area contributed by atoms with E-state index in [9.17, 15) is 9.59 Å². The van der Waals surface area contributed by atoms with Crippen LogP contribution in [0.3, 0.4) is 0 Å². The fourth-order valence-corrected chi connectivity index (χ4v) is 5.76. The van der Waals surface area contributed by atoms with Crippen LogP contribution in [-0.4, -0.2) is 45.1 Å². The van der Waals surface area contributed by atoms with Crippen LogP contribution in [0.15, 0.2) is 52.1 Å². The van der Waals surface area contributed by atoms with Gasteiger partial charge in [0.05, 0.1) is 35.7 Å². The highest BCUT2D eigenvalue weighted by molar-refractivity contribution is 7.07. The summed E-state index contributed by atoms with van der Waals surface area (Å²) in [5, 5.41) is 4.60. The highest BCUT2D eigenvalue weighted by Gasteiger charge is 2.20. The molecule has 0 fully saturated rings. The Labute approximate surface area is 246 Å². The van der Waals surface area contributed by atoms with Crippen molar-refractivity contribution in [2.75, 3.05) is 20.8 Å². The number of aromatic nitrogens is 5. The highest BCUT2D eigenvalue weighted by Crippen LogP contribution is 2.32. The number of ether oxygens (including phenoxy) is 3. The van der Waals surface area contributed by atoms with Crippen molar-refractivity contribution in [3.63, 3.8) is 0 Å². The molecule has 10 nitrogen and oxygen atoms in total. The third-order valence-corrected chi connectivity index (χ3v) is 8.06. The number of rotatable bonds is 10. The van der Waals surface area contributed by atoms with Crippen molar-refractivity contribution in [1.29, 1.82) is 0 Å². The molecule has 42 heavy (non-hydrogen) atoms. The minimum Gasteiger partial charge on any atom is -0.493 e. The fraction of sp³-hybridized carbons (Fsp3) is 0.290. The van der Waals surface area contributed by atoms with Gasteiger partial charge in [-0.05, 0) is 54.8 Å². The Kier molecular flexibility index (Phi) is 8.30. The molecule has 0 amide bonds. The van der Waals surface area contributed by atoms with Crippen molar-refractivity contribution in [2.45, 2.75) is 33.2 Å². The zero-order valence-corrected chi connectivity index (χ0v) is 25.1. The Morgan fingerprint density at radius 3 is 2.57 bits per heavy atom. The summed E-state index contributed by atoms with van der Waals surface area (Å²) in [6, 6.07) is 13.0. The first-order valence-corrected chi connectivity index (χ1v) is 14.4. The van der Waals surface area contributed by atoms with Crippen molar-refractivity contribution >= 4 is 34.5 Å². The van der Waals surface area contributed by atoms with E-state index >= 15 is 0 Å². The molecule has 0 aliphatic carbocycles. The Morgan fingerprint density at radius 2 is 1.88 bits per heavy atom. The van der Waals surface area contributed by atoms with Gasteiger partial charge in [0.1, 0.15) is 23.7 Å². The van der Waals surface area contributed by atoms with Crippen molar-refractivity contribution in [3.8, 4) is 28.6 Å². The second-order valence-corrected chi connectivity index (χ2v) is 10.9. The van der Waals surface area contributed by atoms with Crippen LogP contribution in [0.4, 0.5) is 0 Å². The summed E-state index contributed by atoms with van der Waals surface area (Å²) in [5.74, 6) is 2.22. The number of methoxy groups -OCH3 is 2. The van der Waals surface area contributed by atoms with E-state index < -0.39 is 0 Å². The van der Waals surface area contributed by atoms with Crippen LogP contribution in [0, 0.1) is 0 Å². The van der Waals surface area contributed by atoms with Crippen LogP contribution in [0.5, 0.6) is 17.2 Å². The van der Waals surface area contributed by atoms with Crippen LogP contribution in [-0.2, 0) is 20.0 Å². The second kappa shape index (κ2) is 12.1. The van der Waals surface area contributed by atoms with E-state index in [1.165, 1.54) is 11.3 Å². The maximum Gasteiger partial charge on any atom is 0.280 e. The minimum absolute atomic E-state index is 0.156. The van der Waals surface area contributed by atoms with Gasteiger partial charge in [0.25, 0.3) is 11.1 Å². The van der Waals surface area contributed by atoms with E-state index in [1.54, 1.807) is 36.6 Å². The molecule has 3 aromatic heterocycles. The van der Waals surface area contributed by atoms with E-state index in [1.807, 2.05) is 43.3 Å². The normalized spacial score (nSPS) is 12.0.